The van der Waals surface area contributed by atoms with Crippen molar-refractivity contribution in [2.24, 2.45) is 0 Å². The van der Waals surface area contributed by atoms with Crippen molar-refractivity contribution in [3.8, 4) is 0 Å². The van der Waals surface area contributed by atoms with Crippen molar-refractivity contribution >= 4 is 16.1 Å². The molecular formula is C10H21F2NO5S. The standard InChI is InChI=1S/C7H18N.C3H4F2O5S/c1-5-8(4,6-2)7-3;1-10-2(6)3(4,5)11(7,8)9/h5-7H2,1-4H3;1H3,(H,7,8,9)/q+1;/p-1. The van der Waals surface area contributed by atoms with Gasteiger partial charge in [-0.25, -0.2) is 13.2 Å². The van der Waals surface area contributed by atoms with Crippen LogP contribution in [-0.4, -0.2) is 62.5 Å². The van der Waals surface area contributed by atoms with Crippen LogP contribution in [0.3, 0.4) is 0 Å². The minimum Gasteiger partial charge on any atom is -0.743 e. The molecule has 0 unspecified atom stereocenters. The van der Waals surface area contributed by atoms with E-state index in [0.29, 0.717) is 7.11 Å². The van der Waals surface area contributed by atoms with Crippen LogP contribution in [0.15, 0.2) is 0 Å². The summed E-state index contributed by atoms with van der Waals surface area (Å²) in [6, 6.07) is 0. The maximum atomic E-state index is 11.9. The van der Waals surface area contributed by atoms with Crippen molar-refractivity contribution in [1.29, 1.82) is 0 Å². The summed E-state index contributed by atoms with van der Waals surface area (Å²) in [6.45, 7) is 10.5. The van der Waals surface area contributed by atoms with E-state index in [4.69, 9.17) is 0 Å². The fourth-order valence-electron chi connectivity index (χ4n) is 0.892. The molecule has 0 atom stereocenters. The Morgan fingerprint density at radius 3 is 1.58 bits per heavy atom. The molecule has 0 saturated heterocycles. The maximum Gasteiger partial charge on any atom is 0.428 e. The van der Waals surface area contributed by atoms with E-state index in [0.717, 1.165) is 0 Å². The predicted octanol–water partition coefficient (Wildman–Crippen LogP) is 0.790. The van der Waals surface area contributed by atoms with Gasteiger partial charge in [0.05, 0.1) is 33.8 Å². The summed E-state index contributed by atoms with van der Waals surface area (Å²) < 4.78 is 57.4. The number of esters is 1. The second kappa shape index (κ2) is 7.71. The van der Waals surface area contributed by atoms with Crippen LogP contribution in [0.2, 0.25) is 0 Å². The van der Waals surface area contributed by atoms with Crippen LogP contribution in [0.1, 0.15) is 20.8 Å². The van der Waals surface area contributed by atoms with E-state index in [1.165, 1.54) is 24.1 Å². The van der Waals surface area contributed by atoms with Crippen LogP contribution >= 0.6 is 0 Å². The number of nitrogens with zero attached hydrogens (tertiary/aromatic N) is 1. The van der Waals surface area contributed by atoms with Gasteiger partial charge in [0, 0.05) is 0 Å². The van der Waals surface area contributed by atoms with Crippen molar-refractivity contribution in [3.05, 3.63) is 0 Å². The minimum atomic E-state index is -5.97. The molecule has 6 nitrogen and oxygen atoms in total. The van der Waals surface area contributed by atoms with Gasteiger partial charge in [0.1, 0.15) is 0 Å². The molecule has 0 N–H and O–H groups in total. The second-order valence-electron chi connectivity index (χ2n) is 4.03. The number of ether oxygens (including phenoxy) is 1. The summed E-state index contributed by atoms with van der Waals surface area (Å²) in [5, 5.41) is -5.00. The number of halogens is 2. The number of methoxy groups -OCH3 is 1. The monoisotopic (exact) mass is 305 g/mol. The van der Waals surface area contributed by atoms with Gasteiger partial charge in [-0.15, -0.1) is 0 Å². The van der Waals surface area contributed by atoms with Crippen LogP contribution in [0.25, 0.3) is 0 Å². The topological polar surface area (TPSA) is 83.5 Å². The zero-order valence-electron chi connectivity index (χ0n) is 11.8. The summed E-state index contributed by atoms with van der Waals surface area (Å²) in [5.74, 6) is -2.38. The molecule has 0 amide bonds. The number of hydrogen-bond donors (Lipinski definition) is 0. The number of carbonyl (C=O) groups excluding carboxylic acids is 1. The molecular weight excluding hydrogens is 284 g/mol. The number of alkyl halides is 2. The number of hydrogen-bond acceptors (Lipinski definition) is 5. The van der Waals surface area contributed by atoms with Gasteiger partial charge in [-0.1, -0.05) is 0 Å². The largest absolute Gasteiger partial charge is 0.743 e. The predicted molar refractivity (Wildman–Crippen MR) is 64.5 cm³/mol. The summed E-state index contributed by atoms with van der Waals surface area (Å²) in [7, 11) is -3.14. The van der Waals surface area contributed by atoms with E-state index in [1.807, 2.05) is 0 Å². The molecule has 9 heteroatoms. The third kappa shape index (κ3) is 6.26. The van der Waals surface area contributed by atoms with Gasteiger partial charge in [-0.2, -0.15) is 8.78 Å². The first-order valence-corrected chi connectivity index (χ1v) is 7.07. The van der Waals surface area contributed by atoms with Crippen molar-refractivity contribution in [2.75, 3.05) is 33.8 Å². The smallest absolute Gasteiger partial charge is 0.428 e. The van der Waals surface area contributed by atoms with Crippen LogP contribution in [0.5, 0.6) is 0 Å². The zero-order valence-corrected chi connectivity index (χ0v) is 12.6. The van der Waals surface area contributed by atoms with E-state index >= 15 is 0 Å². The highest BCUT2D eigenvalue weighted by molar-refractivity contribution is 7.87. The average molecular weight is 305 g/mol. The van der Waals surface area contributed by atoms with Crippen molar-refractivity contribution in [1.82, 2.24) is 0 Å². The van der Waals surface area contributed by atoms with Crippen LogP contribution in [0, 0.1) is 0 Å². The van der Waals surface area contributed by atoms with Crippen molar-refractivity contribution in [2.45, 2.75) is 26.0 Å². The molecule has 116 valence electrons. The van der Waals surface area contributed by atoms with E-state index in [-0.39, 0.29) is 0 Å². The molecule has 0 saturated carbocycles. The lowest BCUT2D eigenvalue weighted by Gasteiger charge is -2.30. The van der Waals surface area contributed by atoms with E-state index < -0.39 is 21.3 Å². The number of carbonyl (C=O) groups is 1. The SMILES string of the molecule is CC[N+](C)(CC)CC.COC(=O)C(F)(F)S(=O)(=O)[O-]. The van der Waals surface area contributed by atoms with Gasteiger partial charge in [0.25, 0.3) is 0 Å². The molecule has 19 heavy (non-hydrogen) atoms. The third-order valence-electron chi connectivity index (χ3n) is 3.03. The van der Waals surface area contributed by atoms with E-state index in [2.05, 4.69) is 32.6 Å². The molecule has 0 aromatic carbocycles. The lowest BCUT2D eigenvalue weighted by atomic mass is 10.4. The first-order valence-electron chi connectivity index (χ1n) is 5.67. The Kier molecular flexibility index (Phi) is 8.32. The Balaban J connectivity index is 0. The Morgan fingerprint density at radius 2 is 1.53 bits per heavy atom. The molecule has 0 aromatic heterocycles. The number of rotatable bonds is 5. The van der Waals surface area contributed by atoms with Crippen LogP contribution in [-0.2, 0) is 19.6 Å². The highest BCUT2D eigenvalue weighted by atomic mass is 32.2. The molecule has 0 radical (unpaired) electrons. The first kappa shape index (κ1) is 20.5. The molecule has 0 aliphatic carbocycles. The molecule has 0 heterocycles. The normalized spacial score (nSPS) is 12.4. The molecule has 0 aliphatic rings. The van der Waals surface area contributed by atoms with Gasteiger partial charge < -0.3 is 13.8 Å². The van der Waals surface area contributed by atoms with Gasteiger partial charge in [-0.3, -0.25) is 0 Å². The van der Waals surface area contributed by atoms with Crippen LogP contribution < -0.4 is 0 Å². The van der Waals surface area contributed by atoms with E-state index in [1.54, 1.807) is 0 Å². The molecule has 0 bridgehead atoms. The highest BCUT2D eigenvalue weighted by Crippen LogP contribution is 2.21. The molecule has 0 aliphatic heterocycles. The minimum absolute atomic E-state index is 0.543. The third-order valence-corrected chi connectivity index (χ3v) is 3.82. The zero-order chi connectivity index (χ0) is 15.9. The average Bonchev–Trinajstić information content (AvgIpc) is 2.36. The van der Waals surface area contributed by atoms with Crippen molar-refractivity contribution in [3.63, 3.8) is 0 Å². The first-order chi connectivity index (χ1) is 8.41. The molecule has 0 fully saturated rings. The summed E-state index contributed by atoms with van der Waals surface area (Å²) >= 11 is 0. The van der Waals surface area contributed by atoms with Gasteiger partial charge in [-0.05, 0) is 20.8 Å². The summed E-state index contributed by atoms with van der Waals surface area (Å²) in [5.41, 5.74) is 0. The Bertz CT molecular complexity index is 371. The quantitative estimate of drug-likeness (QED) is 0.426. The lowest BCUT2D eigenvalue weighted by Crippen LogP contribution is -2.42. The maximum absolute atomic E-state index is 11.9. The molecule has 0 aromatic rings. The fourth-order valence-corrected chi connectivity index (χ4v) is 1.18. The molecule has 0 rings (SSSR count). The lowest BCUT2D eigenvalue weighted by molar-refractivity contribution is -0.904. The Hall–Kier alpha value is -0.800. The van der Waals surface area contributed by atoms with E-state index in [9.17, 15) is 26.5 Å². The van der Waals surface area contributed by atoms with Crippen LogP contribution in [0.4, 0.5) is 8.78 Å². The van der Waals surface area contributed by atoms with Gasteiger partial charge in [0.2, 0.25) is 0 Å². The molecule has 0 spiro atoms. The second-order valence-corrected chi connectivity index (χ2v) is 5.45. The number of quaternary nitrogens is 1. The fraction of sp³-hybridized carbons (Fsp3) is 0.900. The highest BCUT2D eigenvalue weighted by Gasteiger charge is 2.47. The Labute approximate surface area is 112 Å². The van der Waals surface area contributed by atoms with Gasteiger partial charge in [0.15, 0.2) is 10.1 Å². The summed E-state index contributed by atoms with van der Waals surface area (Å²) in [6.07, 6.45) is 0. The summed E-state index contributed by atoms with van der Waals surface area (Å²) in [4.78, 5) is 9.93. The Morgan fingerprint density at radius 1 is 1.21 bits per heavy atom. The van der Waals surface area contributed by atoms with Gasteiger partial charge >= 0.3 is 11.2 Å². The van der Waals surface area contributed by atoms with Crippen molar-refractivity contribution < 1.29 is 35.8 Å².